The van der Waals surface area contributed by atoms with Crippen LogP contribution in [0.4, 0.5) is 0 Å². The van der Waals surface area contributed by atoms with E-state index in [1.165, 1.54) is 135 Å². The van der Waals surface area contributed by atoms with Crippen LogP contribution in [-0.4, -0.2) is 51.8 Å². The summed E-state index contributed by atoms with van der Waals surface area (Å²) >= 11 is 0. The Hall–Kier alpha value is 0.882. The summed E-state index contributed by atoms with van der Waals surface area (Å²) in [5.74, 6) is 0. The molecule has 0 amide bonds. The van der Waals surface area contributed by atoms with Crippen molar-refractivity contribution >= 4 is 27.3 Å². The Morgan fingerprint density at radius 2 is 0.577 bits per heavy atom. The van der Waals surface area contributed by atoms with Gasteiger partial charge in [-0.1, -0.05) is 117 Å². The van der Waals surface area contributed by atoms with E-state index in [9.17, 15) is 0 Å². The van der Waals surface area contributed by atoms with E-state index in [4.69, 9.17) is 0 Å². The van der Waals surface area contributed by atoms with Gasteiger partial charge in [-0.15, -0.1) is 0 Å². The second-order valence-corrected chi connectivity index (χ2v) is 8.14. The van der Waals surface area contributed by atoms with Gasteiger partial charge in [0.15, 0.2) is 0 Å². The molecule has 0 saturated carbocycles. The van der Waals surface area contributed by atoms with Crippen LogP contribution in [0.15, 0.2) is 0 Å². The Kier molecular flexibility index (Phi) is 29.0. The molecule has 0 aromatic rings. The van der Waals surface area contributed by atoms with Crippen LogP contribution in [0.1, 0.15) is 136 Å². The molecule has 158 valence electrons. The van der Waals surface area contributed by atoms with E-state index in [0.29, 0.717) is 0 Å². The zero-order chi connectivity index (χ0) is 18.4. The van der Waals surface area contributed by atoms with Gasteiger partial charge >= 0.3 is 27.3 Å². The van der Waals surface area contributed by atoms with Crippen molar-refractivity contribution in [1.82, 2.24) is 4.90 Å². The van der Waals surface area contributed by atoms with Crippen molar-refractivity contribution in [1.29, 1.82) is 0 Å². The molecule has 0 aromatic heterocycles. The van der Waals surface area contributed by atoms with Gasteiger partial charge in [-0.05, 0) is 38.9 Å². The summed E-state index contributed by atoms with van der Waals surface area (Å²) in [7, 11) is 0. The summed E-state index contributed by atoms with van der Waals surface area (Å²) in [5.41, 5.74) is 0. The molecule has 2 heteroatoms. The average Bonchev–Trinajstić information content (AvgIpc) is 2.63. The minimum atomic E-state index is 0. The SMILES string of the molecule is CCCCCCCCN(CCCCCCCC)CCCCCCCC.[PbH2]. The van der Waals surface area contributed by atoms with Crippen LogP contribution >= 0.6 is 0 Å². The van der Waals surface area contributed by atoms with Crippen molar-refractivity contribution in [2.24, 2.45) is 0 Å². The fourth-order valence-corrected chi connectivity index (χ4v) is 3.68. The minimum absolute atomic E-state index is 0. The first-order valence-corrected chi connectivity index (χ1v) is 12.1. The van der Waals surface area contributed by atoms with E-state index in [2.05, 4.69) is 25.7 Å². The van der Waals surface area contributed by atoms with Crippen LogP contribution in [0.5, 0.6) is 0 Å². The van der Waals surface area contributed by atoms with Gasteiger partial charge in [-0.25, -0.2) is 0 Å². The Bertz CT molecular complexity index is 194. The van der Waals surface area contributed by atoms with Gasteiger partial charge in [-0.3, -0.25) is 0 Å². The molecule has 0 N–H and O–H groups in total. The topological polar surface area (TPSA) is 3.24 Å². The van der Waals surface area contributed by atoms with Gasteiger partial charge in [0, 0.05) is 0 Å². The van der Waals surface area contributed by atoms with Gasteiger partial charge < -0.3 is 4.90 Å². The maximum absolute atomic E-state index is 2.79. The van der Waals surface area contributed by atoms with Crippen molar-refractivity contribution in [3.63, 3.8) is 0 Å². The van der Waals surface area contributed by atoms with Crippen molar-refractivity contribution in [3.05, 3.63) is 0 Å². The number of hydrogen-bond donors (Lipinski definition) is 0. The van der Waals surface area contributed by atoms with E-state index in [1.54, 1.807) is 0 Å². The molecule has 0 unspecified atom stereocenters. The Labute approximate surface area is 187 Å². The normalized spacial score (nSPS) is 11.1. The van der Waals surface area contributed by atoms with Gasteiger partial charge in [0.2, 0.25) is 0 Å². The van der Waals surface area contributed by atoms with E-state index in [0.717, 1.165) is 0 Å². The number of nitrogens with zero attached hydrogens (tertiary/aromatic N) is 1. The van der Waals surface area contributed by atoms with Crippen molar-refractivity contribution in [2.75, 3.05) is 19.6 Å². The third-order valence-electron chi connectivity index (χ3n) is 5.48. The molecule has 0 spiro atoms. The predicted octanol–water partition coefficient (Wildman–Crippen LogP) is 7.45. The fraction of sp³-hybridized carbons (Fsp3) is 1.00. The van der Waals surface area contributed by atoms with E-state index in [-0.39, 0.29) is 27.3 Å². The van der Waals surface area contributed by atoms with Crippen LogP contribution in [0.3, 0.4) is 0 Å². The number of rotatable bonds is 21. The van der Waals surface area contributed by atoms with Gasteiger partial charge in [-0.2, -0.15) is 0 Å². The molecule has 0 saturated heterocycles. The van der Waals surface area contributed by atoms with E-state index in [1.807, 2.05) is 0 Å². The molecule has 0 fully saturated rings. The Balaban J connectivity index is 0. The quantitative estimate of drug-likeness (QED) is 0.104. The van der Waals surface area contributed by atoms with Gasteiger partial charge in [0.25, 0.3) is 0 Å². The molecule has 1 nitrogen and oxygen atoms in total. The second kappa shape index (κ2) is 25.9. The first-order valence-electron chi connectivity index (χ1n) is 12.1. The van der Waals surface area contributed by atoms with Crippen LogP contribution in [0.2, 0.25) is 0 Å². The van der Waals surface area contributed by atoms with Gasteiger partial charge in [0.1, 0.15) is 0 Å². The summed E-state index contributed by atoms with van der Waals surface area (Å²) < 4.78 is 0. The molecule has 2 radical (unpaired) electrons. The molecule has 0 aliphatic carbocycles. The first kappa shape index (κ1) is 29.1. The summed E-state index contributed by atoms with van der Waals surface area (Å²) in [6, 6.07) is 0. The van der Waals surface area contributed by atoms with E-state index >= 15 is 0 Å². The summed E-state index contributed by atoms with van der Waals surface area (Å²) in [6.07, 6.45) is 25.7. The molecule has 26 heavy (non-hydrogen) atoms. The van der Waals surface area contributed by atoms with Crippen molar-refractivity contribution in [2.45, 2.75) is 136 Å². The van der Waals surface area contributed by atoms with Crippen molar-refractivity contribution < 1.29 is 0 Å². The molecular formula is C24H53NPb. The summed E-state index contributed by atoms with van der Waals surface area (Å²) in [5, 5.41) is 0. The molecule has 0 bridgehead atoms. The molecule has 0 aromatic carbocycles. The Morgan fingerprint density at radius 3 is 0.846 bits per heavy atom. The standard InChI is InChI=1S/C24H51N.Pb.2H/c1-4-7-10-13-16-19-22-25(23-20-17-14-11-8-5-2)24-21-18-15-12-9-6-3;;;/h4-24H2,1-3H3;;;. The maximum atomic E-state index is 2.79. The van der Waals surface area contributed by atoms with E-state index < -0.39 is 0 Å². The van der Waals surface area contributed by atoms with Crippen LogP contribution in [-0.2, 0) is 0 Å². The van der Waals surface area contributed by atoms with Crippen LogP contribution in [0.25, 0.3) is 0 Å². The fourth-order valence-electron chi connectivity index (χ4n) is 3.68. The molecule has 0 rings (SSSR count). The number of unbranched alkanes of at least 4 members (excludes halogenated alkanes) is 15. The molecule has 0 aliphatic heterocycles. The molecule has 0 aliphatic rings. The zero-order valence-electron chi connectivity index (χ0n) is 19.0. The third-order valence-corrected chi connectivity index (χ3v) is 5.48. The summed E-state index contributed by atoms with van der Waals surface area (Å²) in [4.78, 5) is 2.79. The van der Waals surface area contributed by atoms with Gasteiger partial charge in [0.05, 0.1) is 0 Å². The summed E-state index contributed by atoms with van der Waals surface area (Å²) in [6.45, 7) is 11.0. The third kappa shape index (κ3) is 22.9. The molecule has 0 atom stereocenters. The molecular weight excluding hydrogens is 509 g/mol. The Morgan fingerprint density at radius 1 is 0.346 bits per heavy atom. The monoisotopic (exact) mass is 563 g/mol. The van der Waals surface area contributed by atoms with Crippen LogP contribution in [0, 0.1) is 0 Å². The second-order valence-electron chi connectivity index (χ2n) is 8.14. The van der Waals surface area contributed by atoms with Crippen LogP contribution < -0.4 is 0 Å². The molecule has 0 heterocycles. The van der Waals surface area contributed by atoms with Crippen molar-refractivity contribution in [3.8, 4) is 0 Å². The zero-order valence-corrected chi connectivity index (χ0v) is 24.5. The average molecular weight is 563 g/mol. The number of hydrogen-bond acceptors (Lipinski definition) is 1. The predicted molar refractivity (Wildman–Crippen MR) is 125 cm³/mol. The first-order chi connectivity index (χ1) is 12.3.